The van der Waals surface area contributed by atoms with Gasteiger partial charge in [-0.25, -0.2) is 0 Å². The summed E-state index contributed by atoms with van der Waals surface area (Å²) in [5, 5.41) is 14.8. The zero-order valence-electron chi connectivity index (χ0n) is 18.1. The molecule has 1 aromatic heterocycles. The quantitative estimate of drug-likeness (QED) is 0.336. The van der Waals surface area contributed by atoms with E-state index in [-0.39, 0.29) is 30.5 Å². The third-order valence-electron chi connectivity index (χ3n) is 4.61. The molecule has 3 aromatic rings. The van der Waals surface area contributed by atoms with E-state index in [1.807, 2.05) is 54.0 Å². The molecule has 0 unspecified atom stereocenters. The van der Waals surface area contributed by atoms with Crippen molar-refractivity contribution in [3.63, 3.8) is 0 Å². The van der Waals surface area contributed by atoms with E-state index >= 15 is 0 Å². The van der Waals surface area contributed by atoms with Crippen LogP contribution in [0.15, 0.2) is 56.6 Å². The van der Waals surface area contributed by atoms with Crippen LogP contribution in [0.1, 0.15) is 18.3 Å². The molecule has 0 bridgehead atoms. The smallest absolute Gasteiger partial charge is 0.234 e. The number of thioether (sulfide) groups is 1. The third-order valence-corrected chi connectivity index (χ3v) is 6.76. The monoisotopic (exact) mass is 595 g/mol. The van der Waals surface area contributed by atoms with E-state index < -0.39 is 0 Å². The number of rotatable bonds is 10. The molecule has 0 spiro atoms. The van der Waals surface area contributed by atoms with Crippen LogP contribution in [0, 0.1) is 0 Å². The molecule has 33 heavy (non-hydrogen) atoms. The fourth-order valence-corrected chi connectivity index (χ4v) is 4.48. The number of carbonyl (C=O) groups is 2. The van der Waals surface area contributed by atoms with Crippen molar-refractivity contribution in [2.24, 2.45) is 0 Å². The number of nitrogens with one attached hydrogen (secondary N) is 2. The second-order valence-electron chi connectivity index (χ2n) is 6.91. The lowest BCUT2D eigenvalue weighted by Crippen LogP contribution is -2.26. The standard InChI is InChI=1S/C22H23Br2N5O3S/c1-3-29-19(12-25-20(30)10-14-4-7-16(32-2)8-5-14)27-28-22(29)33-13-21(31)26-18-11-15(23)6-9-17(18)24/h4-9,11H,3,10,12-13H2,1-2H3,(H,25,30)(H,26,31). The maximum atomic E-state index is 12.4. The number of amides is 2. The highest BCUT2D eigenvalue weighted by molar-refractivity contribution is 9.11. The van der Waals surface area contributed by atoms with Crippen molar-refractivity contribution in [2.75, 3.05) is 18.2 Å². The minimum absolute atomic E-state index is 0.112. The van der Waals surface area contributed by atoms with Gasteiger partial charge in [-0.15, -0.1) is 10.2 Å². The summed E-state index contributed by atoms with van der Waals surface area (Å²) in [6.07, 6.45) is 0.261. The van der Waals surface area contributed by atoms with Crippen molar-refractivity contribution in [3.8, 4) is 5.75 Å². The molecule has 0 saturated heterocycles. The summed E-state index contributed by atoms with van der Waals surface area (Å²) in [4.78, 5) is 24.7. The molecule has 2 amide bonds. The maximum absolute atomic E-state index is 12.4. The van der Waals surface area contributed by atoms with Crippen LogP contribution in [0.5, 0.6) is 5.75 Å². The topological polar surface area (TPSA) is 98.1 Å². The van der Waals surface area contributed by atoms with Gasteiger partial charge in [-0.1, -0.05) is 39.8 Å². The van der Waals surface area contributed by atoms with Gasteiger partial charge in [0.15, 0.2) is 11.0 Å². The van der Waals surface area contributed by atoms with Gasteiger partial charge in [-0.05, 0) is 58.7 Å². The minimum atomic E-state index is -0.154. The molecule has 0 fully saturated rings. The number of hydrogen-bond acceptors (Lipinski definition) is 6. The van der Waals surface area contributed by atoms with Crippen molar-refractivity contribution in [1.82, 2.24) is 20.1 Å². The summed E-state index contributed by atoms with van der Waals surface area (Å²) in [5.41, 5.74) is 1.58. The van der Waals surface area contributed by atoms with Gasteiger partial charge < -0.3 is 19.9 Å². The van der Waals surface area contributed by atoms with Gasteiger partial charge in [0.25, 0.3) is 0 Å². The molecular weight excluding hydrogens is 574 g/mol. The second kappa shape index (κ2) is 12.2. The average molecular weight is 597 g/mol. The molecule has 2 aromatic carbocycles. The molecular formula is C22H23Br2N5O3S. The Bertz CT molecular complexity index is 1120. The summed E-state index contributed by atoms with van der Waals surface area (Å²) in [6, 6.07) is 12.9. The van der Waals surface area contributed by atoms with E-state index in [9.17, 15) is 9.59 Å². The van der Waals surface area contributed by atoms with E-state index in [1.165, 1.54) is 11.8 Å². The molecule has 8 nitrogen and oxygen atoms in total. The fourth-order valence-electron chi connectivity index (χ4n) is 2.95. The number of aromatic nitrogens is 3. The average Bonchev–Trinajstić information content (AvgIpc) is 3.21. The number of hydrogen-bond donors (Lipinski definition) is 2. The molecule has 2 N–H and O–H groups in total. The van der Waals surface area contributed by atoms with Crippen molar-refractivity contribution < 1.29 is 14.3 Å². The summed E-state index contributed by atoms with van der Waals surface area (Å²) < 4.78 is 8.69. The number of anilines is 1. The molecule has 11 heteroatoms. The zero-order valence-corrected chi connectivity index (χ0v) is 22.1. The Morgan fingerprint density at radius 2 is 1.85 bits per heavy atom. The Kier molecular flexibility index (Phi) is 9.33. The van der Waals surface area contributed by atoms with Gasteiger partial charge in [0.1, 0.15) is 5.75 Å². The van der Waals surface area contributed by atoms with Crippen molar-refractivity contribution in [1.29, 1.82) is 0 Å². The lowest BCUT2D eigenvalue weighted by atomic mass is 10.1. The SMILES string of the molecule is CCn1c(CNC(=O)Cc2ccc(OC)cc2)nnc1SCC(=O)Nc1cc(Br)ccc1Br. The molecule has 3 rings (SSSR count). The Morgan fingerprint density at radius 1 is 1.09 bits per heavy atom. The Morgan fingerprint density at radius 3 is 2.55 bits per heavy atom. The van der Waals surface area contributed by atoms with Crippen molar-refractivity contribution >= 4 is 61.1 Å². The molecule has 174 valence electrons. The summed E-state index contributed by atoms with van der Waals surface area (Å²) >= 11 is 8.12. The molecule has 0 atom stereocenters. The van der Waals surface area contributed by atoms with Crippen LogP contribution >= 0.6 is 43.6 Å². The number of carbonyl (C=O) groups excluding carboxylic acids is 2. The van der Waals surface area contributed by atoms with Crippen LogP contribution in [0.2, 0.25) is 0 Å². The van der Waals surface area contributed by atoms with Crippen LogP contribution in [0.4, 0.5) is 5.69 Å². The van der Waals surface area contributed by atoms with Crippen molar-refractivity contribution in [2.45, 2.75) is 31.6 Å². The van der Waals surface area contributed by atoms with Crippen LogP contribution in [-0.4, -0.2) is 39.4 Å². The summed E-state index contributed by atoms with van der Waals surface area (Å²) in [7, 11) is 1.60. The minimum Gasteiger partial charge on any atom is -0.497 e. The van der Waals surface area contributed by atoms with E-state index in [1.54, 1.807) is 7.11 Å². The Hall–Kier alpha value is -2.37. The van der Waals surface area contributed by atoms with E-state index in [4.69, 9.17) is 4.74 Å². The van der Waals surface area contributed by atoms with Gasteiger partial charge >= 0.3 is 0 Å². The second-order valence-corrected chi connectivity index (χ2v) is 9.62. The van der Waals surface area contributed by atoms with Gasteiger partial charge in [0.2, 0.25) is 11.8 Å². The molecule has 0 aliphatic heterocycles. The first-order valence-electron chi connectivity index (χ1n) is 10.1. The number of benzene rings is 2. The first kappa shape index (κ1) is 25.3. The normalized spacial score (nSPS) is 10.7. The number of nitrogens with zero attached hydrogens (tertiary/aromatic N) is 3. The zero-order chi connectivity index (χ0) is 23.8. The lowest BCUT2D eigenvalue weighted by molar-refractivity contribution is -0.120. The van der Waals surface area contributed by atoms with E-state index in [2.05, 4.69) is 52.7 Å². The molecule has 1 heterocycles. The maximum Gasteiger partial charge on any atom is 0.234 e. The number of ether oxygens (including phenoxy) is 1. The van der Waals surface area contributed by atoms with Gasteiger partial charge in [-0.3, -0.25) is 9.59 Å². The van der Waals surface area contributed by atoms with Gasteiger partial charge in [0, 0.05) is 15.5 Å². The highest BCUT2D eigenvalue weighted by Crippen LogP contribution is 2.26. The van der Waals surface area contributed by atoms with Crippen molar-refractivity contribution in [3.05, 3.63) is 62.8 Å². The number of methoxy groups -OCH3 is 1. The molecule has 0 aliphatic carbocycles. The van der Waals surface area contributed by atoms with Crippen LogP contribution in [0.25, 0.3) is 0 Å². The van der Waals surface area contributed by atoms with Gasteiger partial charge in [0.05, 0.1) is 31.5 Å². The van der Waals surface area contributed by atoms with Crippen LogP contribution < -0.4 is 15.4 Å². The largest absolute Gasteiger partial charge is 0.497 e. The predicted octanol–water partition coefficient (Wildman–Crippen LogP) is 4.42. The highest BCUT2D eigenvalue weighted by Gasteiger charge is 2.15. The first-order chi connectivity index (χ1) is 15.9. The van der Waals surface area contributed by atoms with Crippen LogP contribution in [0.3, 0.4) is 0 Å². The third kappa shape index (κ3) is 7.31. The predicted molar refractivity (Wildman–Crippen MR) is 135 cm³/mol. The number of halogens is 2. The Labute approximate surface area is 213 Å². The molecule has 0 aliphatic rings. The van der Waals surface area contributed by atoms with Crippen LogP contribution in [-0.2, 0) is 29.1 Å². The Balaban J connectivity index is 1.52. The van der Waals surface area contributed by atoms with Gasteiger partial charge in [-0.2, -0.15) is 0 Å². The molecule has 0 radical (unpaired) electrons. The summed E-state index contributed by atoms with van der Waals surface area (Å²) in [5.74, 6) is 1.30. The first-order valence-corrected chi connectivity index (χ1v) is 12.7. The highest BCUT2D eigenvalue weighted by atomic mass is 79.9. The van der Waals surface area contributed by atoms with E-state index in [0.29, 0.717) is 23.2 Å². The lowest BCUT2D eigenvalue weighted by Gasteiger charge is -2.10. The summed E-state index contributed by atoms with van der Waals surface area (Å²) in [6.45, 7) is 2.85. The van der Waals surface area contributed by atoms with E-state index in [0.717, 1.165) is 20.3 Å². The molecule has 0 saturated carbocycles. The fraction of sp³-hybridized carbons (Fsp3) is 0.273.